The van der Waals surface area contributed by atoms with Crippen LogP contribution in [0.2, 0.25) is 0 Å². The van der Waals surface area contributed by atoms with E-state index in [0.29, 0.717) is 5.41 Å². The van der Waals surface area contributed by atoms with Crippen molar-refractivity contribution in [3.8, 4) is 0 Å². The number of nitrogens with zero attached hydrogens (tertiary/aromatic N) is 2. The fourth-order valence-corrected chi connectivity index (χ4v) is 8.10. The average Bonchev–Trinajstić information content (AvgIpc) is 3.46. The van der Waals surface area contributed by atoms with E-state index < -0.39 is 0 Å². The van der Waals surface area contributed by atoms with E-state index in [1.165, 1.54) is 109 Å². The van der Waals surface area contributed by atoms with Gasteiger partial charge in [0, 0.05) is 0 Å². The second-order valence-electron chi connectivity index (χ2n) is 12.7. The number of aryl methyl sites for hydroxylation is 2. The summed E-state index contributed by atoms with van der Waals surface area (Å²) in [6.45, 7) is 12.3. The Balaban J connectivity index is 0.000000431. The zero-order chi connectivity index (χ0) is 24.8. The summed E-state index contributed by atoms with van der Waals surface area (Å²) in [6.07, 6.45) is 19.3. The average molecular weight is 479 g/mol. The molecule has 4 unspecified atom stereocenters. The molecule has 0 radical (unpaired) electrons. The molecular weight excluding hydrogens is 424 g/mol. The summed E-state index contributed by atoms with van der Waals surface area (Å²) >= 11 is 0. The van der Waals surface area contributed by atoms with E-state index in [1.54, 1.807) is 11.1 Å². The topological polar surface area (TPSA) is 6.48 Å². The predicted molar refractivity (Wildman–Crippen MR) is 152 cm³/mol. The Hall–Kier alpha value is -1.12. The first-order valence-corrected chi connectivity index (χ1v) is 15.1. The third-order valence-corrected chi connectivity index (χ3v) is 9.92. The summed E-state index contributed by atoms with van der Waals surface area (Å²) in [5, 5.41) is 0. The van der Waals surface area contributed by atoms with Crippen LogP contribution in [0.5, 0.6) is 0 Å². The molecule has 2 saturated carbocycles. The molecule has 3 aliphatic carbocycles. The van der Waals surface area contributed by atoms with E-state index in [0.717, 1.165) is 17.8 Å². The Morgan fingerprint density at radius 2 is 1.86 bits per heavy atom. The van der Waals surface area contributed by atoms with Crippen molar-refractivity contribution in [2.24, 2.45) is 17.3 Å². The maximum atomic E-state index is 2.70. The molecule has 0 N–H and O–H groups in total. The largest absolute Gasteiger partial charge is 0.309 e. The van der Waals surface area contributed by atoms with Gasteiger partial charge in [-0.25, -0.2) is 0 Å². The van der Waals surface area contributed by atoms with Gasteiger partial charge in [0.15, 0.2) is 0 Å². The van der Waals surface area contributed by atoms with E-state index in [1.807, 2.05) is 5.57 Å². The highest BCUT2D eigenvalue weighted by molar-refractivity contribution is 5.38. The number of allylic oxidation sites excluding steroid dienone is 2. The lowest BCUT2D eigenvalue weighted by Gasteiger charge is -2.49. The van der Waals surface area contributed by atoms with Crippen molar-refractivity contribution < 1.29 is 0 Å². The smallest absolute Gasteiger partial charge is 0.00183 e. The molecule has 35 heavy (non-hydrogen) atoms. The van der Waals surface area contributed by atoms with Crippen LogP contribution in [0.3, 0.4) is 0 Å². The normalized spacial score (nSPS) is 31.1. The van der Waals surface area contributed by atoms with Crippen molar-refractivity contribution in [2.45, 2.75) is 104 Å². The Kier molecular flexibility index (Phi) is 9.55. The quantitative estimate of drug-likeness (QED) is 0.289. The number of likely N-dealkylation sites (tertiary alicyclic amines) is 1. The summed E-state index contributed by atoms with van der Waals surface area (Å²) in [6, 6.07) is 7.31. The van der Waals surface area contributed by atoms with Crippen LogP contribution in [-0.4, -0.2) is 50.1 Å². The van der Waals surface area contributed by atoms with Crippen molar-refractivity contribution in [1.82, 2.24) is 9.80 Å². The number of hydrogen-bond donors (Lipinski definition) is 0. The molecule has 4 aliphatic rings. The zero-order valence-electron chi connectivity index (χ0n) is 23.7. The molecule has 5 rings (SSSR count). The lowest BCUT2D eigenvalue weighted by atomic mass is 9.55. The summed E-state index contributed by atoms with van der Waals surface area (Å²) in [5.74, 6) is 2.72. The Morgan fingerprint density at radius 1 is 1.06 bits per heavy atom. The molecule has 4 atom stereocenters. The highest BCUT2D eigenvalue weighted by Crippen LogP contribution is 2.62. The van der Waals surface area contributed by atoms with E-state index in [-0.39, 0.29) is 0 Å². The van der Waals surface area contributed by atoms with Gasteiger partial charge in [0.1, 0.15) is 0 Å². The molecule has 0 spiro atoms. The minimum absolute atomic E-state index is 0.512. The van der Waals surface area contributed by atoms with Gasteiger partial charge in [0.2, 0.25) is 0 Å². The molecule has 1 aromatic rings. The van der Waals surface area contributed by atoms with Crippen molar-refractivity contribution in [3.63, 3.8) is 0 Å². The highest BCUT2D eigenvalue weighted by Gasteiger charge is 2.52. The van der Waals surface area contributed by atoms with Gasteiger partial charge < -0.3 is 9.80 Å². The van der Waals surface area contributed by atoms with Gasteiger partial charge in [-0.3, -0.25) is 0 Å². The number of hydrogen-bond acceptors (Lipinski definition) is 2. The molecule has 3 fully saturated rings. The molecule has 0 bridgehead atoms. The number of fused-ring (bicyclic) bond motifs is 5. The summed E-state index contributed by atoms with van der Waals surface area (Å²) < 4.78 is 0. The molecule has 1 heterocycles. The van der Waals surface area contributed by atoms with Gasteiger partial charge in [0.05, 0.1) is 0 Å². The van der Waals surface area contributed by atoms with Crippen LogP contribution in [0.15, 0.2) is 29.8 Å². The first-order valence-electron chi connectivity index (χ1n) is 15.1. The van der Waals surface area contributed by atoms with E-state index in [4.69, 9.17) is 0 Å². The molecule has 1 aliphatic heterocycles. The first-order chi connectivity index (χ1) is 16.9. The van der Waals surface area contributed by atoms with Crippen LogP contribution in [0.4, 0.5) is 0 Å². The molecule has 196 valence electrons. The minimum Gasteiger partial charge on any atom is -0.309 e. The number of unbranched alkanes of at least 4 members (excludes halogenated alkanes) is 2. The minimum atomic E-state index is 0.512. The van der Waals surface area contributed by atoms with Gasteiger partial charge in [-0.15, -0.1) is 0 Å². The molecule has 0 amide bonds. The lowest BCUT2D eigenvalue weighted by Crippen LogP contribution is -2.40. The second kappa shape index (κ2) is 12.4. The van der Waals surface area contributed by atoms with Crippen molar-refractivity contribution >= 4 is 0 Å². The molecule has 2 nitrogen and oxygen atoms in total. The van der Waals surface area contributed by atoms with E-state index in [9.17, 15) is 0 Å². The molecule has 1 saturated heterocycles. The van der Waals surface area contributed by atoms with E-state index in [2.05, 4.69) is 68.9 Å². The first kappa shape index (κ1) is 26.9. The fraction of sp³-hybridized carbons (Fsp3) is 0.758. The Morgan fingerprint density at radius 3 is 2.57 bits per heavy atom. The van der Waals surface area contributed by atoms with Gasteiger partial charge in [-0.2, -0.15) is 0 Å². The van der Waals surface area contributed by atoms with Crippen LogP contribution in [-0.2, 0) is 6.42 Å². The second-order valence-corrected chi connectivity index (χ2v) is 12.7. The third-order valence-electron chi connectivity index (χ3n) is 9.92. The van der Waals surface area contributed by atoms with Crippen LogP contribution in [0.25, 0.3) is 0 Å². The van der Waals surface area contributed by atoms with Gasteiger partial charge in [-0.05, 0) is 159 Å². The Labute approximate surface area is 217 Å². The molecule has 2 heteroatoms. The van der Waals surface area contributed by atoms with Crippen molar-refractivity contribution in [2.75, 3.05) is 40.3 Å². The van der Waals surface area contributed by atoms with Crippen LogP contribution < -0.4 is 0 Å². The number of rotatable bonds is 7. The zero-order valence-corrected chi connectivity index (χ0v) is 23.7. The van der Waals surface area contributed by atoms with E-state index >= 15 is 0 Å². The molecule has 1 aromatic carbocycles. The molecular formula is C33H54N2. The van der Waals surface area contributed by atoms with Gasteiger partial charge in [0.25, 0.3) is 0 Å². The predicted octanol–water partition coefficient (Wildman–Crippen LogP) is 8.00. The Bertz CT molecular complexity index is 834. The maximum absolute atomic E-state index is 2.70. The third kappa shape index (κ3) is 6.42. The molecule has 0 aromatic heterocycles. The van der Waals surface area contributed by atoms with Crippen LogP contribution >= 0.6 is 0 Å². The highest BCUT2D eigenvalue weighted by atomic mass is 15.1. The monoisotopic (exact) mass is 478 g/mol. The summed E-state index contributed by atoms with van der Waals surface area (Å²) in [4.78, 5) is 4.85. The van der Waals surface area contributed by atoms with Gasteiger partial charge >= 0.3 is 0 Å². The van der Waals surface area contributed by atoms with Crippen LogP contribution in [0, 0.1) is 24.2 Å². The standard InChI is InChI=1S/C28H41N.C5H13N/c1-21-9-12-24-22(20-21)10-13-26-25(24)15-16-28(2)23(11-14-27(26)28)8-4-3-5-17-29-18-6-7-19-29;1-4-5-6(2)3/h8-9,12,20,25-27H,3-7,10-11,13-19H2,1-2H3;4-5H2,1-3H3/b23-8+;. The lowest BCUT2D eigenvalue weighted by molar-refractivity contribution is 0.0812. The fourth-order valence-electron chi connectivity index (χ4n) is 8.10. The summed E-state index contributed by atoms with van der Waals surface area (Å²) in [7, 11) is 4.17. The van der Waals surface area contributed by atoms with Crippen molar-refractivity contribution in [3.05, 3.63) is 46.5 Å². The maximum Gasteiger partial charge on any atom is -0.00183 e. The van der Waals surface area contributed by atoms with Gasteiger partial charge in [-0.1, -0.05) is 49.3 Å². The van der Waals surface area contributed by atoms with Crippen LogP contribution in [0.1, 0.15) is 107 Å². The SMILES string of the molecule is CCCN(C)C.Cc1ccc2c(c1)CCC1C2CCC2(C)/C(=C/CCCCN3CCCC3)CCC12. The summed E-state index contributed by atoms with van der Waals surface area (Å²) in [5.41, 5.74) is 7.18. The van der Waals surface area contributed by atoms with Crippen molar-refractivity contribution in [1.29, 1.82) is 0 Å². The number of benzene rings is 1.